The molecule has 0 saturated heterocycles. The topological polar surface area (TPSA) is 13.1 Å². The summed E-state index contributed by atoms with van der Waals surface area (Å²) in [5.74, 6) is 0. The highest BCUT2D eigenvalue weighted by molar-refractivity contribution is 7.26. The van der Waals surface area contributed by atoms with Crippen molar-refractivity contribution in [2.45, 2.75) is 0 Å². The van der Waals surface area contributed by atoms with Crippen LogP contribution in [0.5, 0.6) is 0 Å². The van der Waals surface area contributed by atoms with Crippen LogP contribution >= 0.6 is 11.3 Å². The van der Waals surface area contributed by atoms with Crippen LogP contribution in [0.15, 0.2) is 199 Å². The van der Waals surface area contributed by atoms with Gasteiger partial charge in [-0.05, 0) is 90.6 Å². The maximum atomic E-state index is 6.54. The maximum absolute atomic E-state index is 6.54. The Kier molecular flexibility index (Phi) is 7.11. The van der Waals surface area contributed by atoms with Crippen LogP contribution in [0, 0.1) is 0 Å². The van der Waals surface area contributed by atoms with Crippen molar-refractivity contribution in [3.8, 4) is 33.4 Å². The molecule has 2 heterocycles. The normalized spacial score (nSPS) is 11.7. The summed E-state index contributed by atoms with van der Waals surface area (Å²) < 4.78 is 9.17. The lowest BCUT2D eigenvalue weighted by Crippen LogP contribution is -1.90. The second kappa shape index (κ2) is 12.4. The molecule has 0 unspecified atom stereocenters. The van der Waals surface area contributed by atoms with Crippen molar-refractivity contribution in [1.29, 1.82) is 0 Å². The third-order valence-electron chi connectivity index (χ3n) is 10.9. The first-order valence-electron chi connectivity index (χ1n) is 18.4. The fourth-order valence-corrected chi connectivity index (χ4v) is 9.64. The van der Waals surface area contributed by atoms with E-state index in [0.29, 0.717) is 0 Å². The number of hydrogen-bond acceptors (Lipinski definition) is 2. The Morgan fingerprint density at radius 3 is 1.50 bits per heavy atom. The predicted molar refractivity (Wildman–Crippen MR) is 233 cm³/mol. The van der Waals surface area contributed by atoms with E-state index in [4.69, 9.17) is 4.42 Å². The minimum absolute atomic E-state index is 0.900. The molecule has 2 heteroatoms. The molecular formula is C52H32OS. The van der Waals surface area contributed by atoms with E-state index in [2.05, 4.69) is 194 Å². The SMILES string of the molecule is c1cccc(-c2c3ccccc3c(-c3ccccc3)c3ccccc23)ccc(-c2ccc3oc4cc5c(ccc6c7ccccc7sc56)cc4c3c2)cc1. The first kappa shape index (κ1) is 30.8. The van der Waals surface area contributed by atoms with Crippen molar-refractivity contribution in [2.24, 2.45) is 0 Å². The fraction of sp³-hybridized carbons (Fsp3) is 0. The zero-order valence-corrected chi connectivity index (χ0v) is 30.1. The van der Waals surface area contributed by atoms with Crippen LogP contribution in [0.1, 0.15) is 0 Å². The summed E-state index contributed by atoms with van der Waals surface area (Å²) in [7, 11) is 0. The van der Waals surface area contributed by atoms with Crippen molar-refractivity contribution in [2.75, 3.05) is 0 Å². The maximum Gasteiger partial charge on any atom is 0.136 e. The van der Waals surface area contributed by atoms with Gasteiger partial charge in [-0.2, -0.15) is 0 Å². The van der Waals surface area contributed by atoms with Gasteiger partial charge in [0, 0.05) is 36.3 Å². The lowest BCUT2D eigenvalue weighted by atomic mass is 9.86. The molecule has 0 aliphatic carbocycles. The van der Waals surface area contributed by atoms with E-state index in [1.54, 1.807) is 0 Å². The molecule has 0 aliphatic heterocycles. The van der Waals surface area contributed by atoms with E-state index in [1.165, 1.54) is 69.2 Å². The van der Waals surface area contributed by atoms with Gasteiger partial charge in [-0.15, -0.1) is 11.3 Å². The van der Waals surface area contributed by atoms with Crippen LogP contribution < -0.4 is 0 Å². The summed E-state index contributed by atoms with van der Waals surface area (Å²) in [5.41, 5.74) is 8.99. The average molecular weight is 705 g/mol. The zero-order valence-electron chi connectivity index (χ0n) is 29.3. The van der Waals surface area contributed by atoms with Gasteiger partial charge in [0.1, 0.15) is 11.2 Å². The van der Waals surface area contributed by atoms with Gasteiger partial charge in [-0.25, -0.2) is 0 Å². The second-order valence-corrected chi connectivity index (χ2v) is 15.0. The number of benzene rings is 8. The molecule has 0 bridgehead atoms. The van der Waals surface area contributed by atoms with Gasteiger partial charge in [0.15, 0.2) is 0 Å². The first-order valence-corrected chi connectivity index (χ1v) is 19.2. The third kappa shape index (κ3) is 4.92. The minimum Gasteiger partial charge on any atom is -0.456 e. The number of furan rings is 1. The highest BCUT2D eigenvalue weighted by atomic mass is 32.1. The number of rotatable bonds is 3. The summed E-state index contributed by atoms with van der Waals surface area (Å²) in [6.07, 6.45) is 0. The average Bonchev–Trinajstić information content (AvgIpc) is 3.79. The highest BCUT2D eigenvalue weighted by Gasteiger charge is 2.17. The molecule has 0 atom stereocenters. The van der Waals surface area contributed by atoms with E-state index in [0.717, 1.165) is 38.6 Å². The monoisotopic (exact) mass is 704 g/mol. The summed E-state index contributed by atoms with van der Waals surface area (Å²) in [5, 5.41) is 12.3. The molecule has 0 aliphatic rings. The van der Waals surface area contributed by atoms with E-state index in [1.807, 2.05) is 11.3 Å². The third-order valence-corrected chi connectivity index (χ3v) is 12.1. The number of hydrogen-bond donors (Lipinski definition) is 0. The molecule has 11 rings (SSSR count). The quantitative estimate of drug-likeness (QED) is 0.167. The van der Waals surface area contributed by atoms with Gasteiger partial charge in [0.25, 0.3) is 0 Å². The molecule has 0 fully saturated rings. The van der Waals surface area contributed by atoms with Gasteiger partial charge in [-0.3, -0.25) is 0 Å². The Balaban J connectivity index is 1.09. The van der Waals surface area contributed by atoms with Crippen LogP contribution in [0.25, 0.3) is 108 Å². The Morgan fingerprint density at radius 2 is 0.815 bits per heavy atom. The number of thiophene rings is 1. The molecule has 9 aromatic carbocycles. The highest BCUT2D eigenvalue weighted by Crippen LogP contribution is 2.44. The van der Waals surface area contributed by atoms with Crippen molar-refractivity contribution in [3.05, 3.63) is 194 Å². The fourth-order valence-electron chi connectivity index (χ4n) is 8.41. The zero-order chi connectivity index (χ0) is 35.6. The molecule has 0 amide bonds. The lowest BCUT2D eigenvalue weighted by molar-refractivity contribution is 0.669. The molecule has 1 nitrogen and oxygen atoms in total. The van der Waals surface area contributed by atoms with Crippen LogP contribution in [-0.2, 0) is 0 Å². The summed E-state index contributed by atoms with van der Waals surface area (Å²) in [4.78, 5) is 0. The van der Waals surface area contributed by atoms with E-state index >= 15 is 0 Å². The Labute approximate surface area is 316 Å². The number of fused-ring (bicyclic) bond motifs is 10. The van der Waals surface area contributed by atoms with Crippen LogP contribution in [0.2, 0.25) is 0 Å². The molecule has 0 spiro atoms. The lowest BCUT2D eigenvalue weighted by Gasteiger charge is -2.17. The Hall–Kier alpha value is -6.74. The van der Waals surface area contributed by atoms with Gasteiger partial charge in [0.2, 0.25) is 0 Å². The summed E-state index contributed by atoms with van der Waals surface area (Å²) in [6, 6.07) is 70.3. The predicted octanol–water partition coefficient (Wildman–Crippen LogP) is 15.5. The largest absolute Gasteiger partial charge is 0.456 e. The summed E-state index contributed by atoms with van der Waals surface area (Å²) >= 11 is 1.86. The van der Waals surface area contributed by atoms with Gasteiger partial charge in [-0.1, -0.05) is 164 Å². The second-order valence-electron chi connectivity index (χ2n) is 14.0. The van der Waals surface area contributed by atoms with E-state index in [-0.39, 0.29) is 0 Å². The molecule has 54 heavy (non-hydrogen) atoms. The molecule has 2 aromatic heterocycles. The molecule has 0 radical (unpaired) electrons. The molecule has 252 valence electrons. The summed E-state index contributed by atoms with van der Waals surface area (Å²) in [6.45, 7) is 0. The standard InChI is InChI=1S/C52H32OS/c1-2-5-17-35(51-41-21-10-8-19-39(41)50(34-15-6-3-7-16-34)40-20-9-11-22-42(40)51)25-24-33(14-4-1)36-27-29-47-45(30-36)46-31-37-26-28-43-38-18-12-13-23-49(38)54-52(43)44(37)32-48(46)53-47/h1-32H. The van der Waals surface area contributed by atoms with Gasteiger partial charge < -0.3 is 4.42 Å². The Morgan fingerprint density at radius 1 is 0.296 bits per heavy atom. The van der Waals surface area contributed by atoms with Crippen molar-refractivity contribution < 1.29 is 4.42 Å². The smallest absolute Gasteiger partial charge is 0.136 e. The van der Waals surface area contributed by atoms with Crippen molar-refractivity contribution in [1.82, 2.24) is 0 Å². The molecule has 0 saturated carbocycles. The van der Waals surface area contributed by atoms with Crippen molar-refractivity contribution >= 4 is 85.8 Å². The van der Waals surface area contributed by atoms with E-state index < -0.39 is 0 Å². The van der Waals surface area contributed by atoms with E-state index in [9.17, 15) is 0 Å². The minimum atomic E-state index is 0.900. The molecule has 0 N–H and O–H groups in total. The van der Waals surface area contributed by atoms with Crippen LogP contribution in [0.3, 0.4) is 0 Å². The molecular weight excluding hydrogens is 673 g/mol. The molecule has 11 aromatic rings. The van der Waals surface area contributed by atoms with Gasteiger partial charge in [0.05, 0.1) is 0 Å². The van der Waals surface area contributed by atoms with Crippen LogP contribution in [0.4, 0.5) is 0 Å². The first-order chi connectivity index (χ1) is 26.8. The Bertz CT molecular complexity index is 3270. The van der Waals surface area contributed by atoms with Crippen LogP contribution in [-0.4, -0.2) is 0 Å². The van der Waals surface area contributed by atoms with Gasteiger partial charge >= 0.3 is 0 Å². The van der Waals surface area contributed by atoms with Crippen molar-refractivity contribution in [3.63, 3.8) is 0 Å².